The molecule has 0 aliphatic heterocycles. The molecule has 4 N–H and O–H groups in total. The minimum absolute atomic E-state index is 0.0496. The zero-order valence-electron chi connectivity index (χ0n) is 11.7. The molecule has 1 fully saturated rings. The second-order valence-corrected chi connectivity index (χ2v) is 5.48. The number of hydrogen-bond donors (Lipinski definition) is 3. The maximum atomic E-state index is 11.8. The lowest BCUT2D eigenvalue weighted by Gasteiger charge is -2.29. The van der Waals surface area contributed by atoms with Crippen LogP contribution in [0.4, 0.5) is 0 Å². The number of rotatable bonds is 7. The van der Waals surface area contributed by atoms with Gasteiger partial charge in [0.05, 0.1) is 12.0 Å². The molecule has 0 aromatic carbocycles. The molecule has 0 bridgehead atoms. The molecule has 5 nitrogen and oxygen atoms in total. The van der Waals surface area contributed by atoms with Crippen molar-refractivity contribution in [3.63, 3.8) is 0 Å². The van der Waals surface area contributed by atoms with E-state index in [9.17, 15) is 9.59 Å². The summed E-state index contributed by atoms with van der Waals surface area (Å²) in [5, 5.41) is 12.0. The molecular weight excluding hydrogens is 244 g/mol. The third-order valence-electron chi connectivity index (χ3n) is 3.97. The number of nitrogens with two attached hydrogens (primary N) is 1. The van der Waals surface area contributed by atoms with E-state index in [2.05, 4.69) is 12.2 Å². The lowest BCUT2D eigenvalue weighted by atomic mass is 9.79. The maximum absolute atomic E-state index is 11.8. The Balaban J connectivity index is 2.37. The first-order valence-corrected chi connectivity index (χ1v) is 7.32. The summed E-state index contributed by atoms with van der Waals surface area (Å²) in [5.74, 6) is -1.16. The number of hydrogen-bond acceptors (Lipinski definition) is 3. The number of nitrogens with one attached hydrogen (secondary N) is 1. The number of carboxylic acid groups (broad SMARTS) is 1. The van der Waals surface area contributed by atoms with Crippen LogP contribution in [0.15, 0.2) is 0 Å². The van der Waals surface area contributed by atoms with E-state index in [1.165, 1.54) is 0 Å². The molecule has 2 unspecified atom stereocenters. The van der Waals surface area contributed by atoms with Crippen molar-refractivity contribution in [2.45, 2.75) is 57.9 Å². The Morgan fingerprint density at radius 1 is 1.37 bits per heavy atom. The molecular formula is C14H26N2O3. The summed E-state index contributed by atoms with van der Waals surface area (Å²) in [6.07, 6.45) is 6.26. The Labute approximate surface area is 114 Å². The van der Waals surface area contributed by atoms with Crippen LogP contribution >= 0.6 is 0 Å². The third-order valence-corrected chi connectivity index (χ3v) is 3.97. The predicted octanol–water partition coefficient (Wildman–Crippen LogP) is 1.51. The molecule has 1 amide bonds. The van der Waals surface area contributed by atoms with Gasteiger partial charge in [-0.3, -0.25) is 9.59 Å². The molecule has 0 spiro atoms. The molecule has 0 radical (unpaired) electrons. The maximum Gasteiger partial charge on any atom is 0.306 e. The highest BCUT2D eigenvalue weighted by atomic mass is 16.4. The molecule has 0 aromatic heterocycles. The molecule has 0 saturated heterocycles. The van der Waals surface area contributed by atoms with E-state index in [1.54, 1.807) is 0 Å². The minimum Gasteiger partial charge on any atom is -0.481 e. The van der Waals surface area contributed by atoms with Gasteiger partial charge in [-0.15, -0.1) is 0 Å². The van der Waals surface area contributed by atoms with E-state index < -0.39 is 12.0 Å². The third kappa shape index (κ3) is 5.19. The average molecular weight is 270 g/mol. The Bertz CT molecular complexity index is 307. The smallest absolute Gasteiger partial charge is 0.306 e. The zero-order chi connectivity index (χ0) is 14.3. The van der Waals surface area contributed by atoms with Gasteiger partial charge in [0.1, 0.15) is 0 Å². The predicted molar refractivity (Wildman–Crippen MR) is 73.6 cm³/mol. The van der Waals surface area contributed by atoms with E-state index in [1.807, 2.05) is 0 Å². The largest absolute Gasteiger partial charge is 0.481 e. The van der Waals surface area contributed by atoms with Crippen molar-refractivity contribution in [1.29, 1.82) is 0 Å². The number of carbonyl (C=O) groups excluding carboxylic acids is 1. The van der Waals surface area contributed by atoms with E-state index in [0.717, 1.165) is 38.5 Å². The van der Waals surface area contributed by atoms with Crippen LogP contribution in [0.1, 0.15) is 51.9 Å². The van der Waals surface area contributed by atoms with E-state index in [4.69, 9.17) is 10.8 Å². The van der Waals surface area contributed by atoms with Gasteiger partial charge in [0.2, 0.25) is 5.91 Å². The molecule has 1 aliphatic carbocycles. The molecule has 0 heterocycles. The first kappa shape index (κ1) is 16.0. The highest BCUT2D eigenvalue weighted by Gasteiger charge is 2.31. The van der Waals surface area contributed by atoms with Crippen molar-refractivity contribution in [3.8, 4) is 0 Å². The molecule has 1 aliphatic rings. The SMILES string of the molecule is CCCC[C@H](N)C(=O)NCC1CCCCC1C(=O)O. The summed E-state index contributed by atoms with van der Waals surface area (Å²) < 4.78 is 0. The fourth-order valence-electron chi connectivity index (χ4n) is 2.70. The van der Waals surface area contributed by atoms with Gasteiger partial charge in [-0.25, -0.2) is 0 Å². The van der Waals surface area contributed by atoms with Crippen molar-refractivity contribution in [3.05, 3.63) is 0 Å². The second-order valence-electron chi connectivity index (χ2n) is 5.48. The van der Waals surface area contributed by atoms with Crippen LogP contribution in [0.5, 0.6) is 0 Å². The van der Waals surface area contributed by atoms with Gasteiger partial charge in [0.15, 0.2) is 0 Å². The molecule has 3 atom stereocenters. The summed E-state index contributed by atoms with van der Waals surface area (Å²) in [7, 11) is 0. The van der Waals surface area contributed by atoms with Crippen LogP contribution < -0.4 is 11.1 Å². The Morgan fingerprint density at radius 2 is 2.05 bits per heavy atom. The van der Waals surface area contributed by atoms with E-state index in [0.29, 0.717) is 13.0 Å². The van der Waals surface area contributed by atoms with Crippen molar-refractivity contribution in [2.75, 3.05) is 6.54 Å². The lowest BCUT2D eigenvalue weighted by Crippen LogP contribution is -2.44. The number of carbonyl (C=O) groups is 2. The molecule has 1 rings (SSSR count). The quantitative estimate of drug-likeness (QED) is 0.654. The van der Waals surface area contributed by atoms with E-state index in [-0.39, 0.29) is 17.7 Å². The summed E-state index contributed by atoms with van der Waals surface area (Å²) in [6.45, 7) is 2.50. The van der Waals surface area contributed by atoms with Crippen molar-refractivity contribution in [2.24, 2.45) is 17.6 Å². The summed E-state index contributed by atoms with van der Waals surface area (Å²) in [5.41, 5.74) is 5.78. The van der Waals surface area contributed by atoms with Gasteiger partial charge in [0, 0.05) is 6.54 Å². The normalized spacial score (nSPS) is 24.7. The summed E-state index contributed by atoms with van der Waals surface area (Å²) in [4.78, 5) is 22.9. The monoisotopic (exact) mass is 270 g/mol. The average Bonchev–Trinajstić information content (AvgIpc) is 2.42. The number of carboxylic acids is 1. The van der Waals surface area contributed by atoms with Crippen molar-refractivity contribution < 1.29 is 14.7 Å². The molecule has 5 heteroatoms. The van der Waals surface area contributed by atoms with Crippen molar-refractivity contribution in [1.82, 2.24) is 5.32 Å². The van der Waals surface area contributed by atoms with Gasteiger partial charge in [0.25, 0.3) is 0 Å². The summed E-state index contributed by atoms with van der Waals surface area (Å²) >= 11 is 0. The molecule has 1 saturated carbocycles. The fraction of sp³-hybridized carbons (Fsp3) is 0.857. The molecule has 19 heavy (non-hydrogen) atoms. The first-order chi connectivity index (χ1) is 9.06. The Hall–Kier alpha value is -1.10. The van der Waals surface area contributed by atoms with Gasteiger partial charge in [-0.05, 0) is 25.2 Å². The van der Waals surface area contributed by atoms with Crippen LogP contribution in [-0.2, 0) is 9.59 Å². The number of unbranched alkanes of at least 4 members (excludes halogenated alkanes) is 1. The highest BCUT2D eigenvalue weighted by molar-refractivity contribution is 5.81. The van der Waals surface area contributed by atoms with Crippen LogP contribution in [0.25, 0.3) is 0 Å². The van der Waals surface area contributed by atoms with Crippen molar-refractivity contribution >= 4 is 11.9 Å². The van der Waals surface area contributed by atoms with E-state index >= 15 is 0 Å². The minimum atomic E-state index is -0.741. The zero-order valence-corrected chi connectivity index (χ0v) is 11.7. The van der Waals surface area contributed by atoms with Gasteiger partial charge >= 0.3 is 5.97 Å². The summed E-state index contributed by atoms with van der Waals surface area (Å²) in [6, 6.07) is -0.466. The number of aliphatic carboxylic acids is 1. The van der Waals surface area contributed by atoms with Crippen LogP contribution in [0.3, 0.4) is 0 Å². The molecule has 0 aromatic rings. The molecule has 110 valence electrons. The lowest BCUT2D eigenvalue weighted by molar-refractivity contribution is -0.145. The van der Waals surface area contributed by atoms with Crippen LogP contribution in [-0.4, -0.2) is 29.6 Å². The highest BCUT2D eigenvalue weighted by Crippen LogP contribution is 2.29. The van der Waals surface area contributed by atoms with Gasteiger partial charge in [-0.2, -0.15) is 0 Å². The number of amides is 1. The first-order valence-electron chi connectivity index (χ1n) is 7.32. The fourth-order valence-corrected chi connectivity index (χ4v) is 2.70. The van der Waals surface area contributed by atoms with Gasteiger partial charge < -0.3 is 16.2 Å². The second kappa shape index (κ2) is 8.15. The van der Waals surface area contributed by atoms with Gasteiger partial charge in [-0.1, -0.05) is 32.6 Å². The van der Waals surface area contributed by atoms with Crippen LogP contribution in [0, 0.1) is 11.8 Å². The topological polar surface area (TPSA) is 92.4 Å². The standard InChI is InChI=1S/C14H26N2O3/c1-2-3-8-12(15)13(17)16-9-10-6-4-5-7-11(10)14(18)19/h10-12H,2-9,15H2,1H3,(H,16,17)(H,18,19)/t10?,11?,12-/m0/s1. The Morgan fingerprint density at radius 3 is 2.68 bits per heavy atom. The Kier molecular flexibility index (Phi) is 6.84. The van der Waals surface area contributed by atoms with Crippen LogP contribution in [0.2, 0.25) is 0 Å².